The molecule has 0 spiro atoms. The zero-order valence-corrected chi connectivity index (χ0v) is 11.1. The molecular weight excluding hydrogens is 296 g/mol. The van der Waals surface area contributed by atoms with E-state index in [4.69, 9.17) is 5.11 Å². The maximum atomic E-state index is 11.2. The molecule has 2 aromatic rings. The number of rotatable bonds is 3. The molecule has 0 radical (unpaired) electrons. The summed E-state index contributed by atoms with van der Waals surface area (Å²) in [6, 6.07) is 7.65. The molecule has 1 fully saturated rings. The van der Waals surface area contributed by atoms with E-state index in [-0.39, 0.29) is 5.69 Å². The van der Waals surface area contributed by atoms with E-state index in [9.17, 15) is 4.79 Å². The van der Waals surface area contributed by atoms with Crippen molar-refractivity contribution in [3.63, 3.8) is 0 Å². The molecule has 4 nitrogen and oxygen atoms in total. The number of carbonyl (C=O) groups is 1. The van der Waals surface area contributed by atoms with Crippen molar-refractivity contribution < 1.29 is 9.90 Å². The summed E-state index contributed by atoms with van der Waals surface area (Å²) in [6.07, 6.45) is 2.08. The number of carboxylic acids is 1. The minimum absolute atomic E-state index is 0.160. The summed E-state index contributed by atoms with van der Waals surface area (Å²) in [6.45, 7) is 0. The van der Waals surface area contributed by atoms with E-state index in [1.54, 1.807) is 0 Å². The van der Waals surface area contributed by atoms with Gasteiger partial charge < -0.3 is 10.1 Å². The third-order valence-electron chi connectivity index (χ3n) is 3.02. The van der Waals surface area contributed by atoms with Gasteiger partial charge in [-0.05, 0) is 25.0 Å². The maximum Gasteiger partial charge on any atom is 0.356 e. The molecule has 18 heavy (non-hydrogen) atoms. The van der Waals surface area contributed by atoms with Crippen molar-refractivity contribution in [1.29, 1.82) is 0 Å². The molecule has 0 amide bonds. The van der Waals surface area contributed by atoms with Crippen LogP contribution in [0.15, 0.2) is 28.7 Å². The zero-order chi connectivity index (χ0) is 12.7. The highest BCUT2D eigenvalue weighted by molar-refractivity contribution is 9.10. The Morgan fingerprint density at radius 2 is 2.22 bits per heavy atom. The lowest BCUT2D eigenvalue weighted by molar-refractivity contribution is 0.0690. The van der Waals surface area contributed by atoms with Gasteiger partial charge in [0, 0.05) is 16.0 Å². The summed E-state index contributed by atoms with van der Waals surface area (Å²) in [7, 11) is 0. The lowest BCUT2D eigenvalue weighted by Gasteiger charge is -1.97. The van der Waals surface area contributed by atoms with E-state index >= 15 is 0 Å². The molecule has 1 heterocycles. The monoisotopic (exact) mass is 306 g/mol. The summed E-state index contributed by atoms with van der Waals surface area (Å²) in [4.78, 5) is 18.5. The van der Waals surface area contributed by atoms with Crippen LogP contribution in [0.1, 0.15) is 34.9 Å². The van der Waals surface area contributed by atoms with Crippen molar-refractivity contribution in [3.8, 4) is 11.4 Å². The van der Waals surface area contributed by atoms with Crippen LogP contribution in [0.3, 0.4) is 0 Å². The average molecular weight is 307 g/mol. The third-order valence-corrected chi connectivity index (χ3v) is 3.51. The van der Waals surface area contributed by atoms with E-state index in [1.165, 1.54) is 0 Å². The Labute approximate surface area is 112 Å². The number of aromatic amines is 1. The fourth-order valence-electron chi connectivity index (χ4n) is 1.99. The second kappa shape index (κ2) is 4.24. The van der Waals surface area contributed by atoms with E-state index in [2.05, 4.69) is 25.9 Å². The number of imidazole rings is 1. The molecule has 0 bridgehead atoms. The number of hydrogen-bond acceptors (Lipinski definition) is 2. The van der Waals surface area contributed by atoms with Crippen molar-refractivity contribution in [3.05, 3.63) is 40.1 Å². The van der Waals surface area contributed by atoms with E-state index < -0.39 is 5.97 Å². The Morgan fingerprint density at radius 1 is 1.44 bits per heavy atom. The average Bonchev–Trinajstić information content (AvgIpc) is 3.07. The quantitative estimate of drug-likeness (QED) is 0.913. The molecule has 3 rings (SSSR count). The van der Waals surface area contributed by atoms with Gasteiger partial charge in [-0.1, -0.05) is 28.1 Å². The van der Waals surface area contributed by atoms with Gasteiger partial charge in [-0.3, -0.25) is 0 Å². The van der Waals surface area contributed by atoms with Gasteiger partial charge in [-0.25, -0.2) is 9.78 Å². The summed E-state index contributed by atoms with van der Waals surface area (Å²) in [5, 5.41) is 9.17. The predicted octanol–water partition coefficient (Wildman–Crippen LogP) is 3.41. The van der Waals surface area contributed by atoms with Gasteiger partial charge in [0.25, 0.3) is 0 Å². The molecule has 5 heteroatoms. The van der Waals surface area contributed by atoms with Crippen LogP contribution < -0.4 is 0 Å². The van der Waals surface area contributed by atoms with Gasteiger partial charge in [-0.15, -0.1) is 0 Å². The largest absolute Gasteiger partial charge is 0.476 e. The van der Waals surface area contributed by atoms with Crippen molar-refractivity contribution in [2.45, 2.75) is 18.8 Å². The van der Waals surface area contributed by atoms with Crippen LogP contribution in [-0.4, -0.2) is 21.0 Å². The molecule has 0 aliphatic heterocycles. The number of hydrogen-bond donors (Lipinski definition) is 2. The number of halogens is 1. The first-order valence-electron chi connectivity index (χ1n) is 5.74. The fourth-order valence-corrected chi connectivity index (χ4v) is 2.39. The molecule has 0 unspecified atom stereocenters. The number of nitrogens with zero attached hydrogens (tertiary/aromatic N) is 1. The molecular formula is C13H11BrN2O2. The standard InChI is InChI=1S/C13H11BrN2O2/c14-9-3-1-2-8(6-9)12-15-10(7-4-5-7)11(16-12)13(17)18/h1-3,6-7H,4-5H2,(H,15,16)(H,17,18). The van der Waals surface area contributed by atoms with E-state index in [0.29, 0.717) is 11.7 Å². The summed E-state index contributed by atoms with van der Waals surface area (Å²) >= 11 is 3.40. The number of aromatic carboxylic acids is 1. The lowest BCUT2D eigenvalue weighted by atomic mass is 10.2. The highest BCUT2D eigenvalue weighted by atomic mass is 79.9. The first kappa shape index (κ1) is 11.5. The molecule has 0 saturated heterocycles. The molecule has 0 atom stereocenters. The minimum Gasteiger partial charge on any atom is -0.476 e. The molecule has 2 N–H and O–H groups in total. The first-order valence-corrected chi connectivity index (χ1v) is 6.53. The Morgan fingerprint density at radius 3 is 2.83 bits per heavy atom. The molecule has 1 aliphatic carbocycles. The number of nitrogens with one attached hydrogen (secondary N) is 1. The zero-order valence-electron chi connectivity index (χ0n) is 9.48. The Hall–Kier alpha value is -1.62. The van der Waals surface area contributed by atoms with Crippen LogP contribution in [-0.2, 0) is 0 Å². The Kier molecular flexibility index (Phi) is 2.70. The van der Waals surface area contributed by atoms with Gasteiger partial charge in [-0.2, -0.15) is 0 Å². The van der Waals surface area contributed by atoms with Crippen LogP contribution in [0.4, 0.5) is 0 Å². The predicted molar refractivity (Wildman–Crippen MR) is 70.7 cm³/mol. The van der Waals surface area contributed by atoms with E-state index in [0.717, 1.165) is 28.6 Å². The Bertz CT molecular complexity index is 617. The fraction of sp³-hybridized carbons (Fsp3) is 0.231. The highest BCUT2D eigenvalue weighted by Gasteiger charge is 2.31. The lowest BCUT2D eigenvalue weighted by Crippen LogP contribution is -2.00. The number of benzene rings is 1. The van der Waals surface area contributed by atoms with Gasteiger partial charge >= 0.3 is 5.97 Å². The normalized spacial score (nSPS) is 14.7. The van der Waals surface area contributed by atoms with Gasteiger partial charge in [0.05, 0.1) is 5.69 Å². The van der Waals surface area contributed by atoms with Crippen LogP contribution in [0.25, 0.3) is 11.4 Å². The molecule has 1 aromatic heterocycles. The number of aromatic nitrogens is 2. The van der Waals surface area contributed by atoms with Crippen molar-refractivity contribution in [2.24, 2.45) is 0 Å². The number of H-pyrrole nitrogens is 1. The van der Waals surface area contributed by atoms with Gasteiger partial charge in [0.15, 0.2) is 5.69 Å². The van der Waals surface area contributed by atoms with Gasteiger partial charge in [0.2, 0.25) is 0 Å². The third kappa shape index (κ3) is 2.06. The molecule has 1 aliphatic rings. The molecule has 1 saturated carbocycles. The van der Waals surface area contributed by atoms with E-state index in [1.807, 2.05) is 24.3 Å². The SMILES string of the molecule is O=C(O)c1nc(-c2cccc(Br)c2)[nH]c1C1CC1. The van der Waals surface area contributed by atoms with Crippen molar-refractivity contribution in [1.82, 2.24) is 9.97 Å². The van der Waals surface area contributed by atoms with Crippen LogP contribution >= 0.6 is 15.9 Å². The van der Waals surface area contributed by atoms with Crippen LogP contribution in [0.2, 0.25) is 0 Å². The maximum absolute atomic E-state index is 11.2. The molecule has 1 aromatic carbocycles. The van der Waals surface area contributed by atoms with Crippen LogP contribution in [0.5, 0.6) is 0 Å². The summed E-state index contributed by atoms with van der Waals surface area (Å²) < 4.78 is 0.946. The summed E-state index contributed by atoms with van der Waals surface area (Å²) in [5.41, 5.74) is 1.81. The highest BCUT2D eigenvalue weighted by Crippen LogP contribution is 2.41. The number of carboxylic acid groups (broad SMARTS) is 1. The second-order valence-corrected chi connectivity index (χ2v) is 5.35. The van der Waals surface area contributed by atoms with Crippen LogP contribution in [0, 0.1) is 0 Å². The van der Waals surface area contributed by atoms with Gasteiger partial charge in [0.1, 0.15) is 5.82 Å². The minimum atomic E-state index is -0.964. The smallest absolute Gasteiger partial charge is 0.356 e. The van der Waals surface area contributed by atoms with Crippen molar-refractivity contribution >= 4 is 21.9 Å². The Balaban J connectivity index is 2.07. The first-order chi connectivity index (χ1) is 8.65. The summed E-state index contributed by atoms with van der Waals surface area (Å²) in [5.74, 6) is -0.00509. The second-order valence-electron chi connectivity index (χ2n) is 4.44. The topological polar surface area (TPSA) is 66.0 Å². The molecule has 92 valence electrons. The van der Waals surface area contributed by atoms with Crippen molar-refractivity contribution in [2.75, 3.05) is 0 Å².